The van der Waals surface area contributed by atoms with Crippen LogP contribution in [0.1, 0.15) is 34.3 Å². The van der Waals surface area contributed by atoms with Gasteiger partial charge in [0.05, 0.1) is 17.3 Å². The van der Waals surface area contributed by atoms with Gasteiger partial charge in [-0.15, -0.1) is 0 Å². The first kappa shape index (κ1) is 15.6. The lowest BCUT2D eigenvalue weighted by Crippen LogP contribution is -2.21. The summed E-state index contributed by atoms with van der Waals surface area (Å²) in [6, 6.07) is 4.76. The largest absolute Gasteiger partial charge is 0.417 e. The number of alkyl halides is 3. The van der Waals surface area contributed by atoms with Gasteiger partial charge in [-0.3, -0.25) is 4.79 Å². The van der Waals surface area contributed by atoms with Gasteiger partial charge >= 0.3 is 6.18 Å². The molecule has 1 aromatic heterocycles. The summed E-state index contributed by atoms with van der Waals surface area (Å²) in [5.74, 6) is 0.213. The Morgan fingerprint density at radius 2 is 2.04 bits per heavy atom. The first-order chi connectivity index (χ1) is 10.9. The maximum Gasteiger partial charge on any atom is 0.417 e. The van der Waals surface area contributed by atoms with Gasteiger partial charge in [0.2, 0.25) is 0 Å². The first-order valence-electron chi connectivity index (χ1n) is 7.36. The second-order valence-electron chi connectivity index (χ2n) is 5.80. The quantitative estimate of drug-likeness (QED) is 0.928. The summed E-state index contributed by atoms with van der Waals surface area (Å²) in [5, 5.41) is 6.78. The number of rotatable bonds is 4. The van der Waals surface area contributed by atoms with Crippen molar-refractivity contribution in [2.75, 3.05) is 5.32 Å². The highest BCUT2D eigenvalue weighted by atomic mass is 19.4. The van der Waals surface area contributed by atoms with Crippen molar-refractivity contribution < 1.29 is 18.0 Å². The molecule has 1 saturated carbocycles. The molecule has 1 aliphatic carbocycles. The summed E-state index contributed by atoms with van der Waals surface area (Å²) < 4.78 is 40.7. The molecular formula is C16H16F3N3O. The van der Waals surface area contributed by atoms with E-state index in [0.717, 1.165) is 24.5 Å². The molecule has 0 saturated heterocycles. The van der Waals surface area contributed by atoms with Crippen LogP contribution in [0.3, 0.4) is 0 Å². The number of amides is 1. The highest BCUT2D eigenvalue weighted by Gasteiger charge is 2.35. The van der Waals surface area contributed by atoms with Crippen LogP contribution >= 0.6 is 0 Å². The predicted octanol–water partition coefficient (Wildman–Crippen LogP) is 3.87. The molecule has 1 aliphatic rings. The highest BCUT2D eigenvalue weighted by Crippen LogP contribution is 2.33. The van der Waals surface area contributed by atoms with Gasteiger partial charge < -0.3 is 5.32 Å². The van der Waals surface area contributed by atoms with Gasteiger partial charge in [-0.05, 0) is 37.8 Å². The van der Waals surface area contributed by atoms with Crippen LogP contribution in [-0.4, -0.2) is 15.7 Å². The number of hydrogen-bond acceptors (Lipinski definition) is 2. The van der Waals surface area contributed by atoms with Crippen LogP contribution < -0.4 is 5.32 Å². The van der Waals surface area contributed by atoms with Crippen molar-refractivity contribution in [3.05, 3.63) is 47.2 Å². The molecule has 23 heavy (non-hydrogen) atoms. The van der Waals surface area contributed by atoms with E-state index in [2.05, 4.69) is 10.4 Å². The third-order valence-corrected chi connectivity index (χ3v) is 3.86. The van der Waals surface area contributed by atoms with Gasteiger partial charge in [0.25, 0.3) is 5.91 Å². The summed E-state index contributed by atoms with van der Waals surface area (Å²) in [7, 11) is 0. The molecule has 3 rings (SSSR count). The van der Waals surface area contributed by atoms with Crippen molar-refractivity contribution in [2.24, 2.45) is 5.92 Å². The fraction of sp³-hybridized carbons (Fsp3) is 0.375. The number of nitrogens with zero attached hydrogens (tertiary/aromatic N) is 2. The van der Waals surface area contributed by atoms with Crippen molar-refractivity contribution in [3.8, 4) is 0 Å². The Hall–Kier alpha value is -2.31. The summed E-state index contributed by atoms with van der Waals surface area (Å²) >= 11 is 0. The van der Waals surface area contributed by atoms with Crippen LogP contribution in [-0.2, 0) is 12.7 Å². The Labute approximate surface area is 131 Å². The first-order valence-corrected chi connectivity index (χ1v) is 7.36. The van der Waals surface area contributed by atoms with E-state index in [1.54, 1.807) is 17.8 Å². The smallest absolute Gasteiger partial charge is 0.307 e. The molecule has 4 nitrogen and oxygen atoms in total. The minimum Gasteiger partial charge on any atom is -0.307 e. The molecule has 1 aromatic carbocycles. The maximum absolute atomic E-state index is 13.0. The Bertz CT molecular complexity index is 732. The normalized spacial score (nSPS) is 14.8. The third-order valence-electron chi connectivity index (χ3n) is 3.86. The molecule has 0 atom stereocenters. The van der Waals surface area contributed by atoms with E-state index in [9.17, 15) is 18.0 Å². The maximum atomic E-state index is 13.0. The van der Waals surface area contributed by atoms with Crippen molar-refractivity contribution in [1.29, 1.82) is 0 Å². The molecule has 0 radical (unpaired) electrons. The Morgan fingerprint density at radius 1 is 1.35 bits per heavy atom. The van der Waals surface area contributed by atoms with Gasteiger partial charge in [-0.2, -0.15) is 18.3 Å². The van der Waals surface area contributed by atoms with E-state index < -0.39 is 23.2 Å². The fourth-order valence-corrected chi connectivity index (χ4v) is 2.43. The van der Waals surface area contributed by atoms with E-state index in [0.29, 0.717) is 18.3 Å². The number of anilines is 1. The zero-order valence-electron chi connectivity index (χ0n) is 12.5. The topological polar surface area (TPSA) is 46.9 Å². The zero-order chi connectivity index (χ0) is 16.6. The zero-order valence-corrected chi connectivity index (χ0v) is 12.5. The summed E-state index contributed by atoms with van der Waals surface area (Å²) in [4.78, 5) is 12.3. The van der Waals surface area contributed by atoms with Gasteiger partial charge in [0, 0.05) is 12.1 Å². The van der Waals surface area contributed by atoms with Crippen molar-refractivity contribution >= 4 is 11.7 Å². The summed E-state index contributed by atoms with van der Waals surface area (Å²) in [6.07, 6.45) is -0.739. The highest BCUT2D eigenvalue weighted by molar-refractivity contribution is 6.05. The number of nitrogens with one attached hydrogen (secondary N) is 1. The second-order valence-corrected chi connectivity index (χ2v) is 5.80. The minimum atomic E-state index is -4.57. The van der Waals surface area contributed by atoms with Crippen LogP contribution in [0.25, 0.3) is 0 Å². The lowest BCUT2D eigenvalue weighted by molar-refractivity contribution is -0.137. The number of halogens is 3. The molecule has 1 N–H and O–H groups in total. The fourth-order valence-electron chi connectivity index (χ4n) is 2.43. The molecule has 1 amide bonds. The average Bonchev–Trinajstić information content (AvgIpc) is 3.25. The number of benzene rings is 1. The van der Waals surface area contributed by atoms with Gasteiger partial charge in [0.1, 0.15) is 5.82 Å². The van der Waals surface area contributed by atoms with Gasteiger partial charge in [-0.25, -0.2) is 4.68 Å². The van der Waals surface area contributed by atoms with Crippen LogP contribution in [0, 0.1) is 12.8 Å². The van der Waals surface area contributed by atoms with E-state index >= 15 is 0 Å². The predicted molar refractivity (Wildman–Crippen MR) is 79.1 cm³/mol. The molecule has 7 heteroatoms. The van der Waals surface area contributed by atoms with E-state index in [1.165, 1.54) is 18.2 Å². The van der Waals surface area contributed by atoms with Crippen molar-refractivity contribution in [3.63, 3.8) is 0 Å². The van der Waals surface area contributed by atoms with Crippen LogP contribution in [0.4, 0.5) is 19.0 Å². The standard InChI is InChI=1S/C16H16F3N3O/c1-10-8-20-22(9-11-6-7-11)14(10)21-15(23)12-4-2-3-5-13(12)16(17,18)19/h2-5,8,11H,6-7,9H2,1H3,(H,21,23). The SMILES string of the molecule is Cc1cnn(CC2CC2)c1NC(=O)c1ccccc1C(F)(F)F. The number of carbonyl (C=O) groups excluding carboxylic acids is 1. The van der Waals surface area contributed by atoms with Crippen molar-refractivity contribution in [1.82, 2.24) is 9.78 Å². The third kappa shape index (κ3) is 3.38. The number of hydrogen-bond donors (Lipinski definition) is 1. The summed E-state index contributed by atoms with van der Waals surface area (Å²) in [6.45, 7) is 2.44. The number of carbonyl (C=O) groups is 1. The van der Waals surface area contributed by atoms with Crippen LogP contribution in [0.5, 0.6) is 0 Å². The average molecular weight is 323 g/mol. The molecule has 1 fully saturated rings. The monoisotopic (exact) mass is 323 g/mol. The van der Waals surface area contributed by atoms with Gasteiger partial charge in [0.15, 0.2) is 0 Å². The number of aryl methyl sites for hydroxylation is 1. The molecule has 1 heterocycles. The molecule has 122 valence electrons. The van der Waals surface area contributed by atoms with E-state index in [1.807, 2.05) is 0 Å². The molecular weight excluding hydrogens is 307 g/mol. The number of aromatic nitrogens is 2. The lowest BCUT2D eigenvalue weighted by Gasteiger charge is -2.14. The Morgan fingerprint density at radius 3 is 2.70 bits per heavy atom. The van der Waals surface area contributed by atoms with Crippen LogP contribution in [0.2, 0.25) is 0 Å². The molecule has 0 unspecified atom stereocenters. The molecule has 0 aliphatic heterocycles. The van der Waals surface area contributed by atoms with E-state index in [-0.39, 0.29) is 0 Å². The molecule has 0 spiro atoms. The summed E-state index contributed by atoms with van der Waals surface area (Å²) in [5.41, 5.74) is -0.606. The Balaban J connectivity index is 1.87. The second kappa shape index (κ2) is 5.72. The molecule has 2 aromatic rings. The van der Waals surface area contributed by atoms with Gasteiger partial charge in [-0.1, -0.05) is 12.1 Å². The Kier molecular flexibility index (Phi) is 3.87. The van der Waals surface area contributed by atoms with E-state index in [4.69, 9.17) is 0 Å². The minimum absolute atomic E-state index is 0.390. The molecule has 0 bridgehead atoms. The van der Waals surface area contributed by atoms with Crippen molar-refractivity contribution in [2.45, 2.75) is 32.5 Å². The lowest BCUT2D eigenvalue weighted by atomic mass is 10.1. The van der Waals surface area contributed by atoms with Crippen LogP contribution in [0.15, 0.2) is 30.5 Å².